The molecule has 1 aliphatic heterocycles. The number of hydrogen-bond acceptors (Lipinski definition) is 16. The molecule has 0 saturated carbocycles. The van der Waals surface area contributed by atoms with Crippen molar-refractivity contribution in [2.45, 2.75) is 69.5 Å². The molecule has 0 radical (unpaired) electrons. The van der Waals surface area contributed by atoms with Crippen LogP contribution in [0.5, 0.6) is 0 Å². The van der Waals surface area contributed by atoms with E-state index in [-0.39, 0.29) is 28.9 Å². The number of halogens is 1. The average Bonchev–Trinajstić information content (AvgIpc) is 3.65. The normalized spacial score (nSPS) is 20.8. The van der Waals surface area contributed by atoms with Crippen molar-refractivity contribution in [2.75, 3.05) is 56.6 Å². The minimum atomic E-state index is -5.77. The van der Waals surface area contributed by atoms with Crippen LogP contribution in [0.15, 0.2) is 12.7 Å². The van der Waals surface area contributed by atoms with Crippen molar-refractivity contribution in [3.8, 4) is 0 Å². The Morgan fingerprint density at radius 2 is 1.49 bits per heavy atom. The highest BCUT2D eigenvalue weighted by Crippen LogP contribution is 2.66. The van der Waals surface area contributed by atoms with E-state index in [1.165, 1.54) is 17.2 Å². The fraction of sp³-hybridized carbons (Fsp3) is 0.704. The van der Waals surface area contributed by atoms with E-state index in [0.29, 0.717) is 74.9 Å². The SMILES string of the molecule is CN(CCCN(C)C(=O)CCCCNc1ncnc2c1ncn2[C@@H]1O[C@H](COP(=O)(O)OP(=O)(O)OP(=O)(O)O)[C@@H](O)[C@H]1O)C(=O)CCCCNC(=O)CI. The summed E-state index contributed by atoms with van der Waals surface area (Å²) in [6.45, 7) is 0.966. The number of amides is 3. The number of nitrogens with one attached hydrogen (secondary N) is 2. The molecule has 1 saturated heterocycles. The third kappa shape index (κ3) is 15.6. The van der Waals surface area contributed by atoms with Crippen LogP contribution >= 0.6 is 46.1 Å². The first-order valence-electron chi connectivity index (χ1n) is 16.8. The van der Waals surface area contributed by atoms with E-state index in [9.17, 15) is 48.1 Å². The number of ether oxygens (including phenoxy) is 1. The van der Waals surface area contributed by atoms with Gasteiger partial charge in [-0.1, -0.05) is 22.6 Å². The zero-order chi connectivity index (χ0) is 41.0. The van der Waals surface area contributed by atoms with Crippen LogP contribution in [0.1, 0.15) is 51.2 Å². The highest BCUT2D eigenvalue weighted by Gasteiger charge is 2.47. The number of carbonyl (C=O) groups excluding carboxylic acids is 3. The number of rotatable bonds is 24. The number of nitrogens with zero attached hydrogens (tertiary/aromatic N) is 6. The first-order chi connectivity index (χ1) is 25.7. The van der Waals surface area contributed by atoms with Crippen molar-refractivity contribution in [2.24, 2.45) is 0 Å². The molecule has 2 aromatic rings. The zero-order valence-electron chi connectivity index (χ0n) is 29.8. The van der Waals surface area contributed by atoms with Gasteiger partial charge in [-0.05, 0) is 32.1 Å². The Labute approximate surface area is 328 Å². The second kappa shape index (κ2) is 21.5. The molecule has 0 aromatic carbocycles. The third-order valence-electron chi connectivity index (χ3n) is 8.00. The molecule has 312 valence electrons. The Morgan fingerprint density at radius 1 is 0.873 bits per heavy atom. The molecule has 8 N–H and O–H groups in total. The molecule has 3 rings (SSSR count). The van der Waals surface area contributed by atoms with E-state index in [2.05, 4.69) is 38.7 Å². The van der Waals surface area contributed by atoms with Gasteiger partial charge in [-0.2, -0.15) is 8.62 Å². The van der Waals surface area contributed by atoms with E-state index in [4.69, 9.17) is 14.5 Å². The molecule has 0 spiro atoms. The molecule has 1 fully saturated rings. The lowest BCUT2D eigenvalue weighted by Crippen LogP contribution is -2.33. The summed E-state index contributed by atoms with van der Waals surface area (Å²) in [6, 6.07) is 0. The number of alkyl halides is 1. The van der Waals surface area contributed by atoms with Crippen molar-refractivity contribution in [3.63, 3.8) is 0 Å². The summed E-state index contributed by atoms with van der Waals surface area (Å²) in [4.78, 5) is 88.5. The van der Waals surface area contributed by atoms with Crippen LogP contribution < -0.4 is 10.6 Å². The average molecular weight is 959 g/mol. The summed E-state index contributed by atoms with van der Waals surface area (Å²) in [6.07, 6.45) is 0.0996. The molecule has 28 heteroatoms. The lowest BCUT2D eigenvalue weighted by Gasteiger charge is -2.21. The molecule has 24 nitrogen and oxygen atoms in total. The molecule has 3 heterocycles. The lowest BCUT2D eigenvalue weighted by molar-refractivity contribution is -0.130. The van der Waals surface area contributed by atoms with Gasteiger partial charge in [-0.15, -0.1) is 0 Å². The first-order valence-corrected chi connectivity index (χ1v) is 22.8. The lowest BCUT2D eigenvalue weighted by atomic mass is 10.1. The number of imidazole rings is 1. The van der Waals surface area contributed by atoms with Gasteiger partial charge in [0, 0.05) is 53.1 Å². The van der Waals surface area contributed by atoms with Gasteiger partial charge in [0.05, 0.1) is 17.4 Å². The Morgan fingerprint density at radius 3 is 2.09 bits per heavy atom. The van der Waals surface area contributed by atoms with Gasteiger partial charge >= 0.3 is 23.5 Å². The largest absolute Gasteiger partial charge is 0.490 e. The number of phosphoric acid groups is 3. The second-order valence-electron chi connectivity index (χ2n) is 12.3. The maximum atomic E-state index is 12.6. The standard InChI is InChI=1S/C27H46IN8O16P3/c1-34(20(38)8-3-5-10-29-19(37)14-28)12-7-13-35(2)21(39)9-4-6-11-30-25-22-26(32-16-31-25)36(17-33-22)27-24(41)23(40)18(50-27)15-49-54(45,46)52-55(47,48)51-53(42,43)44/h16-18,23-24,27,40-41H,3-15H2,1-2H3,(H,29,37)(H,45,46)(H,47,48)(H,30,31,32)(H2,42,43,44)/t18-,23-,24-,27-/m1/s1. The topological polar surface area (TPSA) is 335 Å². The van der Waals surface area contributed by atoms with Crippen molar-refractivity contribution in [1.29, 1.82) is 0 Å². The van der Waals surface area contributed by atoms with Crippen LogP contribution in [-0.2, 0) is 46.0 Å². The second-order valence-corrected chi connectivity index (χ2v) is 17.5. The van der Waals surface area contributed by atoms with Crippen molar-refractivity contribution in [1.82, 2.24) is 34.6 Å². The number of hydrogen-bond donors (Lipinski definition) is 8. The van der Waals surface area contributed by atoms with Crippen LogP contribution in [0.4, 0.5) is 5.82 Å². The van der Waals surface area contributed by atoms with E-state index < -0.39 is 54.6 Å². The number of fused-ring (bicyclic) bond motifs is 1. The smallest absolute Gasteiger partial charge is 0.387 e. The first kappa shape index (κ1) is 47.2. The van der Waals surface area contributed by atoms with Crippen LogP contribution in [0.3, 0.4) is 0 Å². The Kier molecular flexibility index (Phi) is 18.4. The van der Waals surface area contributed by atoms with Gasteiger partial charge in [0.2, 0.25) is 17.7 Å². The summed E-state index contributed by atoms with van der Waals surface area (Å²) in [5, 5.41) is 27.1. The molecule has 0 aliphatic carbocycles. The molecule has 2 unspecified atom stereocenters. The predicted molar refractivity (Wildman–Crippen MR) is 199 cm³/mol. The highest BCUT2D eigenvalue weighted by molar-refractivity contribution is 14.1. The minimum absolute atomic E-state index is 0.0139. The van der Waals surface area contributed by atoms with Gasteiger partial charge < -0.3 is 55.0 Å². The number of aliphatic hydroxyl groups is 2. The van der Waals surface area contributed by atoms with Gasteiger partial charge in [0.1, 0.15) is 24.6 Å². The Bertz CT molecular complexity index is 1750. The zero-order valence-corrected chi connectivity index (χ0v) is 34.7. The Hall–Kier alpha value is -2.22. The fourth-order valence-electron chi connectivity index (χ4n) is 5.20. The number of aliphatic hydroxyl groups excluding tert-OH is 2. The maximum absolute atomic E-state index is 12.6. The predicted octanol–water partition coefficient (Wildman–Crippen LogP) is 0.399. The fourth-order valence-corrected chi connectivity index (χ4v) is 8.50. The summed E-state index contributed by atoms with van der Waals surface area (Å²) < 4.78 is 53.5. The highest BCUT2D eigenvalue weighted by atomic mass is 127. The monoisotopic (exact) mass is 958 g/mol. The summed E-state index contributed by atoms with van der Waals surface area (Å²) in [7, 11) is -13.4. The maximum Gasteiger partial charge on any atom is 0.490 e. The van der Waals surface area contributed by atoms with Crippen LogP contribution in [0, 0.1) is 0 Å². The number of anilines is 1. The number of unbranched alkanes of at least 4 members (excludes halogenated alkanes) is 2. The molecular weight excluding hydrogens is 912 g/mol. The van der Waals surface area contributed by atoms with Crippen LogP contribution in [0.2, 0.25) is 0 Å². The van der Waals surface area contributed by atoms with Crippen LogP contribution in [-0.4, -0.2) is 146 Å². The van der Waals surface area contributed by atoms with Gasteiger partial charge in [-0.3, -0.25) is 23.5 Å². The van der Waals surface area contributed by atoms with E-state index in [1.807, 2.05) is 22.6 Å². The Balaban J connectivity index is 1.41. The summed E-state index contributed by atoms with van der Waals surface area (Å²) in [5.74, 6) is 0.275. The molecule has 0 bridgehead atoms. The van der Waals surface area contributed by atoms with E-state index in [1.54, 1.807) is 23.9 Å². The molecule has 3 amide bonds. The summed E-state index contributed by atoms with van der Waals surface area (Å²) >= 11 is 1.99. The molecule has 1 aliphatic rings. The van der Waals surface area contributed by atoms with Gasteiger partial charge in [-0.25, -0.2) is 28.6 Å². The van der Waals surface area contributed by atoms with Crippen molar-refractivity contribution >= 4 is 80.8 Å². The van der Waals surface area contributed by atoms with Gasteiger partial charge in [0.25, 0.3) is 0 Å². The number of aromatic nitrogens is 4. The molecular formula is C27H46IN8O16P3. The number of phosphoric ester groups is 1. The quantitative estimate of drug-likeness (QED) is 0.0305. The van der Waals surface area contributed by atoms with E-state index in [0.717, 1.165) is 6.42 Å². The van der Waals surface area contributed by atoms with Crippen molar-refractivity contribution in [3.05, 3.63) is 12.7 Å². The van der Waals surface area contributed by atoms with Crippen LogP contribution in [0.25, 0.3) is 11.2 Å². The minimum Gasteiger partial charge on any atom is -0.387 e. The molecule has 55 heavy (non-hydrogen) atoms. The third-order valence-corrected chi connectivity index (χ3v) is 12.5. The van der Waals surface area contributed by atoms with E-state index >= 15 is 0 Å². The molecule has 2 aromatic heterocycles. The number of carbonyl (C=O) groups is 3. The molecule has 6 atom stereocenters. The van der Waals surface area contributed by atoms with Gasteiger partial charge in [0.15, 0.2) is 23.2 Å². The van der Waals surface area contributed by atoms with Crippen molar-refractivity contribution < 1.29 is 75.7 Å². The summed E-state index contributed by atoms with van der Waals surface area (Å²) in [5.41, 5.74) is 0.438.